The van der Waals surface area contributed by atoms with Crippen LogP contribution >= 0.6 is 0 Å². The standard InChI is InChI=1S/C16H25FN2O2/c1-3-21-16-12-13(4-5-15(16)20-2)14(6-7-17)19-10-8-18-9-11-19/h4-5,12,14,18H,3,6-11H2,1-2H3/t14-/m1/s1. The number of ether oxygens (including phenoxy) is 2. The summed E-state index contributed by atoms with van der Waals surface area (Å²) in [6.07, 6.45) is 0.512. The van der Waals surface area contributed by atoms with Crippen molar-refractivity contribution in [1.29, 1.82) is 0 Å². The van der Waals surface area contributed by atoms with Gasteiger partial charge < -0.3 is 14.8 Å². The van der Waals surface area contributed by atoms with Crippen molar-refractivity contribution in [3.8, 4) is 11.5 Å². The molecule has 118 valence electrons. The van der Waals surface area contributed by atoms with E-state index in [1.54, 1.807) is 7.11 Å². The lowest BCUT2D eigenvalue weighted by molar-refractivity contribution is 0.157. The molecule has 0 saturated carbocycles. The molecular weight excluding hydrogens is 271 g/mol. The molecule has 1 aromatic carbocycles. The molecule has 0 aromatic heterocycles. The quantitative estimate of drug-likeness (QED) is 0.838. The highest BCUT2D eigenvalue weighted by Crippen LogP contribution is 2.33. The summed E-state index contributed by atoms with van der Waals surface area (Å²) in [6, 6.07) is 6.02. The lowest BCUT2D eigenvalue weighted by Crippen LogP contribution is -2.45. The normalized spacial score (nSPS) is 17.5. The number of alkyl halides is 1. The average Bonchev–Trinajstić information content (AvgIpc) is 2.54. The molecule has 0 spiro atoms. The zero-order valence-corrected chi connectivity index (χ0v) is 12.9. The molecule has 0 amide bonds. The lowest BCUT2D eigenvalue weighted by atomic mass is 10.0. The van der Waals surface area contributed by atoms with Crippen molar-refractivity contribution in [3.05, 3.63) is 23.8 Å². The number of halogens is 1. The number of nitrogens with one attached hydrogen (secondary N) is 1. The summed E-state index contributed by atoms with van der Waals surface area (Å²) in [4.78, 5) is 2.34. The van der Waals surface area contributed by atoms with E-state index >= 15 is 0 Å². The molecule has 0 radical (unpaired) electrons. The molecule has 1 fully saturated rings. The first-order valence-corrected chi connectivity index (χ1v) is 7.61. The number of piperazine rings is 1. The maximum absolute atomic E-state index is 13.0. The number of nitrogens with zero attached hydrogens (tertiary/aromatic N) is 1. The van der Waals surface area contributed by atoms with Crippen molar-refractivity contribution >= 4 is 0 Å². The first kappa shape index (κ1) is 16.0. The Morgan fingerprint density at radius 2 is 2.05 bits per heavy atom. The van der Waals surface area contributed by atoms with Gasteiger partial charge in [0, 0.05) is 32.2 Å². The second-order valence-corrected chi connectivity index (χ2v) is 5.12. The van der Waals surface area contributed by atoms with Crippen LogP contribution in [0, 0.1) is 0 Å². The number of rotatable bonds is 7. The minimum atomic E-state index is -0.315. The van der Waals surface area contributed by atoms with E-state index in [0.29, 0.717) is 13.0 Å². The van der Waals surface area contributed by atoms with Crippen LogP contribution in [0.2, 0.25) is 0 Å². The smallest absolute Gasteiger partial charge is 0.161 e. The number of methoxy groups -OCH3 is 1. The highest BCUT2D eigenvalue weighted by molar-refractivity contribution is 5.44. The Labute approximate surface area is 126 Å². The second kappa shape index (κ2) is 8.20. The Kier molecular flexibility index (Phi) is 6.26. The summed E-state index contributed by atoms with van der Waals surface area (Å²) in [5.41, 5.74) is 1.10. The maximum atomic E-state index is 13.0. The van der Waals surface area contributed by atoms with Crippen molar-refractivity contribution in [3.63, 3.8) is 0 Å². The van der Waals surface area contributed by atoms with Crippen LogP contribution in [-0.2, 0) is 0 Å². The van der Waals surface area contributed by atoms with Crippen LogP contribution in [0.4, 0.5) is 4.39 Å². The molecular formula is C16H25FN2O2. The molecule has 5 heteroatoms. The van der Waals surface area contributed by atoms with Crippen LogP contribution in [0.15, 0.2) is 18.2 Å². The van der Waals surface area contributed by atoms with Gasteiger partial charge in [0.2, 0.25) is 0 Å². The molecule has 1 N–H and O–H groups in total. The highest BCUT2D eigenvalue weighted by atomic mass is 19.1. The third-order valence-electron chi connectivity index (χ3n) is 3.85. The van der Waals surface area contributed by atoms with Crippen LogP contribution < -0.4 is 14.8 Å². The van der Waals surface area contributed by atoms with Gasteiger partial charge >= 0.3 is 0 Å². The van der Waals surface area contributed by atoms with E-state index < -0.39 is 0 Å². The molecule has 1 saturated heterocycles. The van der Waals surface area contributed by atoms with Crippen molar-refractivity contribution in [2.45, 2.75) is 19.4 Å². The Morgan fingerprint density at radius 3 is 2.67 bits per heavy atom. The first-order chi connectivity index (χ1) is 10.3. The van der Waals surface area contributed by atoms with Crippen molar-refractivity contribution in [2.24, 2.45) is 0 Å². The molecule has 1 atom stereocenters. The Bertz CT molecular complexity index is 436. The number of benzene rings is 1. The first-order valence-electron chi connectivity index (χ1n) is 7.61. The Balaban J connectivity index is 2.24. The van der Waals surface area contributed by atoms with E-state index in [9.17, 15) is 4.39 Å². The van der Waals surface area contributed by atoms with Crippen LogP contribution in [0.1, 0.15) is 24.9 Å². The van der Waals surface area contributed by atoms with Crippen LogP contribution in [-0.4, -0.2) is 51.5 Å². The second-order valence-electron chi connectivity index (χ2n) is 5.12. The van der Waals surface area contributed by atoms with Crippen molar-refractivity contribution in [2.75, 3.05) is 46.6 Å². The van der Waals surface area contributed by atoms with E-state index in [0.717, 1.165) is 43.2 Å². The molecule has 2 rings (SSSR count). The summed E-state index contributed by atoms with van der Waals surface area (Å²) in [5, 5.41) is 3.33. The van der Waals surface area contributed by atoms with Gasteiger partial charge in [-0.2, -0.15) is 0 Å². The summed E-state index contributed by atoms with van der Waals surface area (Å²) < 4.78 is 23.9. The fourth-order valence-corrected chi connectivity index (χ4v) is 2.83. The third-order valence-corrected chi connectivity index (χ3v) is 3.85. The SMILES string of the molecule is CCOc1cc([C@@H](CCF)N2CCNCC2)ccc1OC. The molecule has 0 unspecified atom stereocenters. The van der Waals surface area contributed by atoms with Crippen LogP contribution in [0.25, 0.3) is 0 Å². The summed E-state index contributed by atoms with van der Waals surface area (Å²) in [6.45, 7) is 6.02. The number of hydrogen-bond donors (Lipinski definition) is 1. The van der Waals surface area contributed by atoms with Gasteiger partial charge in [-0.1, -0.05) is 6.07 Å². The molecule has 1 aliphatic rings. The Morgan fingerprint density at radius 1 is 1.29 bits per heavy atom. The molecule has 1 aromatic rings. The van der Waals surface area contributed by atoms with E-state index in [2.05, 4.69) is 10.2 Å². The van der Waals surface area contributed by atoms with E-state index in [1.165, 1.54) is 0 Å². The summed E-state index contributed by atoms with van der Waals surface area (Å²) >= 11 is 0. The lowest BCUT2D eigenvalue weighted by Gasteiger charge is -2.35. The van der Waals surface area contributed by atoms with Gasteiger partial charge in [-0.15, -0.1) is 0 Å². The molecule has 0 bridgehead atoms. The zero-order valence-electron chi connectivity index (χ0n) is 12.9. The topological polar surface area (TPSA) is 33.7 Å². The van der Waals surface area contributed by atoms with Gasteiger partial charge in [-0.25, -0.2) is 0 Å². The zero-order chi connectivity index (χ0) is 15.1. The highest BCUT2D eigenvalue weighted by Gasteiger charge is 2.23. The molecule has 21 heavy (non-hydrogen) atoms. The monoisotopic (exact) mass is 296 g/mol. The van der Waals surface area contributed by atoms with E-state index in [4.69, 9.17) is 9.47 Å². The van der Waals surface area contributed by atoms with Gasteiger partial charge in [0.25, 0.3) is 0 Å². The fourth-order valence-electron chi connectivity index (χ4n) is 2.83. The fraction of sp³-hybridized carbons (Fsp3) is 0.625. The van der Waals surface area contributed by atoms with Gasteiger partial charge in [0.15, 0.2) is 11.5 Å². The predicted octanol–water partition coefficient (Wildman–Crippen LogP) is 2.40. The van der Waals surface area contributed by atoms with Gasteiger partial charge in [0.05, 0.1) is 20.4 Å². The Hall–Kier alpha value is -1.33. The van der Waals surface area contributed by atoms with E-state index in [-0.39, 0.29) is 12.7 Å². The van der Waals surface area contributed by atoms with Crippen LogP contribution in [0.3, 0.4) is 0 Å². The van der Waals surface area contributed by atoms with Crippen molar-refractivity contribution in [1.82, 2.24) is 10.2 Å². The van der Waals surface area contributed by atoms with E-state index in [1.807, 2.05) is 25.1 Å². The summed E-state index contributed by atoms with van der Waals surface area (Å²) in [7, 11) is 1.63. The van der Waals surface area contributed by atoms with Crippen molar-refractivity contribution < 1.29 is 13.9 Å². The largest absolute Gasteiger partial charge is 0.493 e. The molecule has 1 aliphatic heterocycles. The minimum Gasteiger partial charge on any atom is -0.493 e. The molecule has 0 aliphatic carbocycles. The van der Waals surface area contributed by atoms with Gasteiger partial charge in [0.1, 0.15) is 0 Å². The molecule has 1 heterocycles. The summed E-state index contributed by atoms with van der Waals surface area (Å²) in [5.74, 6) is 1.46. The number of hydrogen-bond acceptors (Lipinski definition) is 4. The van der Waals surface area contributed by atoms with Crippen LogP contribution in [0.5, 0.6) is 11.5 Å². The van der Waals surface area contributed by atoms with Gasteiger partial charge in [-0.3, -0.25) is 9.29 Å². The average molecular weight is 296 g/mol. The maximum Gasteiger partial charge on any atom is 0.161 e. The predicted molar refractivity (Wildman–Crippen MR) is 81.9 cm³/mol. The minimum absolute atomic E-state index is 0.0993. The molecule has 4 nitrogen and oxygen atoms in total. The van der Waals surface area contributed by atoms with Gasteiger partial charge in [-0.05, 0) is 31.0 Å². The third kappa shape index (κ3) is 4.08.